The molecule has 4 atom stereocenters. The molecule has 2 aliphatic rings. The summed E-state index contributed by atoms with van der Waals surface area (Å²) in [6, 6.07) is 0. The van der Waals surface area contributed by atoms with E-state index in [4.69, 9.17) is 4.52 Å². The average molecular weight is 202 g/mol. The van der Waals surface area contributed by atoms with Crippen molar-refractivity contribution >= 4 is 8.15 Å². The van der Waals surface area contributed by atoms with E-state index in [1.165, 1.54) is 38.3 Å². The summed E-state index contributed by atoms with van der Waals surface area (Å²) in [5.41, 5.74) is 0.721. The number of aliphatic hydroxyl groups is 1. The number of hydrogen-bond acceptors (Lipinski definition) is 2. The van der Waals surface area contributed by atoms with Gasteiger partial charge in [-0.15, -0.1) is 0 Å². The van der Waals surface area contributed by atoms with Gasteiger partial charge in [0.2, 0.25) is 0 Å². The lowest BCUT2D eigenvalue weighted by Crippen LogP contribution is -2.26. The molecule has 0 aromatic heterocycles. The van der Waals surface area contributed by atoms with Gasteiger partial charge in [0, 0.05) is 19.7 Å². The predicted octanol–water partition coefficient (Wildman–Crippen LogP) is 2.70. The largest absolute Gasteiger partial charge is 0.367 e. The Morgan fingerprint density at radius 1 is 1.38 bits per heavy atom. The first-order chi connectivity index (χ1) is 6.33. The lowest BCUT2D eigenvalue weighted by Gasteiger charge is -2.26. The standard InChI is InChI=1S/C10H19O2P/c1-2-7-13-9-6-4-3-5-8(9)10(11)12-13/h8-11H,2-7H2,1H3/t8?,9?,10?,13-/m1/s1. The van der Waals surface area contributed by atoms with Crippen LogP contribution in [0.1, 0.15) is 39.0 Å². The Morgan fingerprint density at radius 3 is 2.92 bits per heavy atom. The lowest BCUT2D eigenvalue weighted by atomic mass is 9.88. The second kappa shape index (κ2) is 4.25. The van der Waals surface area contributed by atoms with Gasteiger partial charge < -0.3 is 9.63 Å². The highest BCUT2D eigenvalue weighted by Crippen LogP contribution is 2.59. The summed E-state index contributed by atoms with van der Waals surface area (Å²) in [7, 11) is -0.292. The van der Waals surface area contributed by atoms with Gasteiger partial charge in [-0.1, -0.05) is 26.2 Å². The van der Waals surface area contributed by atoms with Gasteiger partial charge in [-0.3, -0.25) is 0 Å². The first kappa shape index (κ1) is 9.89. The van der Waals surface area contributed by atoms with Crippen molar-refractivity contribution in [2.75, 3.05) is 6.16 Å². The third kappa shape index (κ3) is 1.91. The summed E-state index contributed by atoms with van der Waals surface area (Å²) >= 11 is 0. The summed E-state index contributed by atoms with van der Waals surface area (Å²) in [5.74, 6) is 0.478. The molecule has 2 rings (SSSR count). The highest BCUT2D eigenvalue weighted by Gasteiger charge is 2.43. The zero-order valence-electron chi connectivity index (χ0n) is 8.28. The maximum absolute atomic E-state index is 9.72. The van der Waals surface area contributed by atoms with Crippen LogP contribution in [0.4, 0.5) is 0 Å². The van der Waals surface area contributed by atoms with Crippen molar-refractivity contribution in [3.8, 4) is 0 Å². The fourth-order valence-electron chi connectivity index (χ4n) is 2.56. The summed E-state index contributed by atoms with van der Waals surface area (Å²) in [6.07, 6.45) is 7.08. The number of aliphatic hydroxyl groups excluding tert-OH is 1. The van der Waals surface area contributed by atoms with Crippen molar-refractivity contribution in [2.24, 2.45) is 5.92 Å². The molecule has 0 aromatic carbocycles. The van der Waals surface area contributed by atoms with Crippen LogP contribution in [0.2, 0.25) is 0 Å². The highest BCUT2D eigenvalue weighted by molar-refractivity contribution is 7.53. The van der Waals surface area contributed by atoms with Crippen LogP contribution >= 0.6 is 8.15 Å². The first-order valence-electron chi connectivity index (χ1n) is 5.44. The van der Waals surface area contributed by atoms with E-state index in [1.807, 2.05) is 0 Å². The van der Waals surface area contributed by atoms with Crippen LogP contribution in [-0.4, -0.2) is 23.2 Å². The molecule has 1 saturated heterocycles. The molecule has 1 aliphatic carbocycles. The van der Waals surface area contributed by atoms with Crippen molar-refractivity contribution in [1.82, 2.24) is 0 Å². The van der Waals surface area contributed by atoms with E-state index >= 15 is 0 Å². The minimum Gasteiger partial charge on any atom is -0.367 e. The van der Waals surface area contributed by atoms with E-state index in [2.05, 4.69) is 6.92 Å². The van der Waals surface area contributed by atoms with E-state index in [-0.39, 0.29) is 8.15 Å². The normalized spacial score (nSPS) is 44.8. The van der Waals surface area contributed by atoms with Gasteiger partial charge in [-0.25, -0.2) is 0 Å². The zero-order chi connectivity index (χ0) is 9.26. The van der Waals surface area contributed by atoms with Crippen LogP contribution in [0.3, 0.4) is 0 Å². The van der Waals surface area contributed by atoms with Gasteiger partial charge in [0.15, 0.2) is 6.29 Å². The smallest absolute Gasteiger partial charge is 0.161 e. The van der Waals surface area contributed by atoms with Gasteiger partial charge >= 0.3 is 0 Å². The molecule has 0 spiro atoms. The molecule has 13 heavy (non-hydrogen) atoms. The van der Waals surface area contributed by atoms with Crippen molar-refractivity contribution in [1.29, 1.82) is 0 Å². The van der Waals surface area contributed by atoms with Crippen LogP contribution in [0.25, 0.3) is 0 Å². The molecule has 0 bridgehead atoms. The Morgan fingerprint density at radius 2 is 2.15 bits per heavy atom. The minimum atomic E-state index is -0.428. The molecule has 3 heteroatoms. The third-order valence-electron chi connectivity index (χ3n) is 3.21. The van der Waals surface area contributed by atoms with Gasteiger partial charge in [0.05, 0.1) is 0 Å². The first-order valence-corrected chi connectivity index (χ1v) is 6.96. The van der Waals surface area contributed by atoms with E-state index in [0.29, 0.717) is 5.92 Å². The van der Waals surface area contributed by atoms with Crippen LogP contribution < -0.4 is 0 Å². The van der Waals surface area contributed by atoms with Crippen LogP contribution in [0, 0.1) is 5.92 Å². The summed E-state index contributed by atoms with van der Waals surface area (Å²) in [6.45, 7) is 2.20. The molecule has 0 aromatic rings. The van der Waals surface area contributed by atoms with E-state index in [0.717, 1.165) is 5.66 Å². The minimum absolute atomic E-state index is 0.292. The van der Waals surface area contributed by atoms with Crippen LogP contribution in [0.15, 0.2) is 0 Å². The molecule has 0 amide bonds. The monoisotopic (exact) mass is 202 g/mol. The summed E-state index contributed by atoms with van der Waals surface area (Å²) < 4.78 is 5.67. The van der Waals surface area contributed by atoms with Crippen molar-refractivity contribution in [2.45, 2.75) is 51.0 Å². The maximum atomic E-state index is 9.72. The fourth-order valence-corrected chi connectivity index (χ4v) is 5.23. The fraction of sp³-hybridized carbons (Fsp3) is 1.00. The number of hydrogen-bond donors (Lipinski definition) is 1. The molecule has 2 fully saturated rings. The van der Waals surface area contributed by atoms with Crippen LogP contribution in [0.5, 0.6) is 0 Å². The molecule has 2 nitrogen and oxygen atoms in total. The molecule has 1 aliphatic heterocycles. The predicted molar refractivity (Wildman–Crippen MR) is 54.9 cm³/mol. The number of rotatable bonds is 2. The van der Waals surface area contributed by atoms with Crippen molar-refractivity contribution in [3.63, 3.8) is 0 Å². The molecule has 0 radical (unpaired) electrons. The summed E-state index contributed by atoms with van der Waals surface area (Å²) in [5, 5.41) is 9.72. The molecular weight excluding hydrogens is 183 g/mol. The summed E-state index contributed by atoms with van der Waals surface area (Å²) in [4.78, 5) is 0. The van der Waals surface area contributed by atoms with Gasteiger partial charge in [-0.2, -0.15) is 0 Å². The number of fused-ring (bicyclic) bond motifs is 1. The van der Waals surface area contributed by atoms with Gasteiger partial charge in [0.25, 0.3) is 0 Å². The molecule has 3 unspecified atom stereocenters. The van der Waals surface area contributed by atoms with E-state index in [9.17, 15) is 5.11 Å². The van der Waals surface area contributed by atoms with Gasteiger partial charge in [-0.05, 0) is 19.0 Å². The Hall–Kier alpha value is 0.350. The van der Waals surface area contributed by atoms with E-state index in [1.54, 1.807) is 0 Å². The van der Waals surface area contributed by atoms with Crippen molar-refractivity contribution in [3.05, 3.63) is 0 Å². The Labute approximate surface area is 81.5 Å². The van der Waals surface area contributed by atoms with Crippen molar-refractivity contribution < 1.29 is 9.63 Å². The molecule has 1 N–H and O–H groups in total. The molecule has 1 heterocycles. The lowest BCUT2D eigenvalue weighted by molar-refractivity contribution is -0.0401. The maximum Gasteiger partial charge on any atom is 0.161 e. The average Bonchev–Trinajstić information content (AvgIpc) is 2.46. The quantitative estimate of drug-likeness (QED) is 0.697. The third-order valence-corrected chi connectivity index (χ3v) is 5.96. The Kier molecular flexibility index (Phi) is 3.23. The topological polar surface area (TPSA) is 29.5 Å². The molecule has 1 saturated carbocycles. The Balaban J connectivity index is 1.99. The van der Waals surface area contributed by atoms with E-state index < -0.39 is 6.29 Å². The zero-order valence-corrected chi connectivity index (χ0v) is 9.17. The highest BCUT2D eigenvalue weighted by atomic mass is 31.1. The second-order valence-electron chi connectivity index (χ2n) is 4.15. The second-order valence-corrected chi connectivity index (χ2v) is 6.31. The van der Waals surface area contributed by atoms with Crippen LogP contribution in [-0.2, 0) is 4.52 Å². The SMILES string of the molecule is CCC[P@@]1OC(O)C2CCCCC21. The molecular formula is C10H19O2P. The Bertz CT molecular complexity index is 174. The van der Waals surface area contributed by atoms with Gasteiger partial charge in [0.1, 0.15) is 0 Å². The molecule has 76 valence electrons.